The number of hydrogen-bond donors (Lipinski definition) is 0. The van der Waals surface area contributed by atoms with Crippen molar-refractivity contribution in [2.45, 2.75) is 19.3 Å². The molecule has 0 saturated heterocycles. The van der Waals surface area contributed by atoms with Crippen LogP contribution in [-0.4, -0.2) is 15.8 Å². The first-order chi connectivity index (χ1) is 20.9. The molecule has 7 heteroatoms. The average molecular weight is 574 g/mol. The van der Waals surface area contributed by atoms with Gasteiger partial charge in [0.2, 0.25) is 5.95 Å². The summed E-state index contributed by atoms with van der Waals surface area (Å²) in [4.78, 5) is 30.9. The molecular weight excluding hydrogens is 550 g/mol. The van der Waals surface area contributed by atoms with Gasteiger partial charge >= 0.3 is 0 Å². The van der Waals surface area contributed by atoms with Crippen molar-refractivity contribution in [1.82, 2.24) is 9.97 Å². The summed E-state index contributed by atoms with van der Waals surface area (Å²) < 4.78 is 0. The second-order valence-electron chi connectivity index (χ2n) is 10.8. The standard InChI is InChI=1S/C36H23N5OS/c1-36(2)29-19-24(18-27-31(30(20-37)38-3)25-16-10-11-17-26(25)32(27)42)43-33(29)28-21-39-35(40-34(28)36)41(22-12-6-4-7-13-22)23-14-8-5-9-15-23/h4-19,21H,1-2H3/b27-18-,31-30-. The van der Waals surface area contributed by atoms with Gasteiger partial charge in [-0.05, 0) is 47.5 Å². The molecule has 0 radical (unpaired) electrons. The van der Waals surface area contributed by atoms with Crippen LogP contribution in [0.4, 0.5) is 17.3 Å². The number of allylic oxidation sites excluding steroid dienone is 3. The number of para-hydroxylation sites is 2. The molecule has 0 fully saturated rings. The van der Waals surface area contributed by atoms with Crippen LogP contribution in [0.3, 0.4) is 0 Å². The minimum atomic E-state index is -0.412. The molecule has 0 spiro atoms. The zero-order chi connectivity index (χ0) is 29.7. The molecule has 0 N–H and O–H groups in total. The van der Waals surface area contributed by atoms with E-state index in [0.717, 1.165) is 37.9 Å². The van der Waals surface area contributed by atoms with Gasteiger partial charge in [0.1, 0.15) is 0 Å². The number of ketones is 1. The molecule has 6 nitrogen and oxygen atoms in total. The molecule has 3 aromatic carbocycles. The van der Waals surface area contributed by atoms with Crippen LogP contribution in [0.1, 0.15) is 45.9 Å². The van der Waals surface area contributed by atoms with E-state index in [1.807, 2.05) is 85.1 Å². The second-order valence-corrected chi connectivity index (χ2v) is 11.9. The van der Waals surface area contributed by atoms with E-state index in [2.05, 4.69) is 29.7 Å². The highest BCUT2D eigenvalue weighted by atomic mass is 32.1. The second kappa shape index (κ2) is 10.0. The first kappa shape index (κ1) is 26.3. The highest BCUT2D eigenvalue weighted by molar-refractivity contribution is 7.16. The van der Waals surface area contributed by atoms with Crippen molar-refractivity contribution in [2.75, 3.05) is 4.90 Å². The number of rotatable bonds is 4. The lowest BCUT2D eigenvalue weighted by molar-refractivity contribution is 0.104. The number of nitrogens with zero attached hydrogens (tertiary/aromatic N) is 5. The lowest BCUT2D eigenvalue weighted by atomic mass is 9.86. The fourth-order valence-corrected chi connectivity index (χ4v) is 7.18. The molecule has 0 saturated carbocycles. The maximum absolute atomic E-state index is 13.4. The number of benzene rings is 3. The largest absolute Gasteiger partial charge is 0.289 e. The molecule has 43 heavy (non-hydrogen) atoms. The third-order valence-corrected chi connectivity index (χ3v) is 9.08. The Bertz CT molecular complexity index is 2040. The molecule has 2 aliphatic carbocycles. The lowest BCUT2D eigenvalue weighted by Gasteiger charge is -2.25. The molecule has 2 aliphatic rings. The fourth-order valence-electron chi connectivity index (χ4n) is 5.90. The van der Waals surface area contributed by atoms with Gasteiger partial charge in [0.25, 0.3) is 5.70 Å². The summed E-state index contributed by atoms with van der Waals surface area (Å²) in [6.45, 7) is 11.9. The third-order valence-electron chi connectivity index (χ3n) is 7.96. The van der Waals surface area contributed by atoms with Crippen LogP contribution >= 0.6 is 11.3 Å². The molecule has 0 aliphatic heterocycles. The van der Waals surface area contributed by atoms with E-state index in [1.54, 1.807) is 29.5 Å². The maximum atomic E-state index is 13.4. The maximum Gasteiger partial charge on any atom is 0.270 e. The van der Waals surface area contributed by atoms with Crippen molar-refractivity contribution >= 4 is 46.1 Å². The average Bonchev–Trinajstić information content (AvgIpc) is 3.65. The van der Waals surface area contributed by atoms with E-state index in [1.165, 1.54) is 0 Å². The summed E-state index contributed by atoms with van der Waals surface area (Å²) in [5, 5.41) is 9.69. The Hall–Kier alpha value is -5.63. The molecule has 204 valence electrons. The Morgan fingerprint density at radius 3 is 2.21 bits per heavy atom. The molecular formula is C36H23N5OS. The van der Waals surface area contributed by atoms with Gasteiger partial charge in [0.05, 0.1) is 18.3 Å². The number of carbonyl (C=O) groups is 1. The Labute approximate surface area is 253 Å². The number of nitriles is 1. The molecule has 0 amide bonds. The van der Waals surface area contributed by atoms with E-state index in [-0.39, 0.29) is 11.5 Å². The topological polar surface area (TPSA) is 74.2 Å². The van der Waals surface area contributed by atoms with Gasteiger partial charge in [0, 0.05) is 55.0 Å². The molecule has 2 aromatic heterocycles. The lowest BCUT2D eigenvalue weighted by Crippen LogP contribution is -2.20. The normalized spacial score (nSPS) is 16.2. The fraction of sp³-hybridized carbons (Fsp3) is 0.0833. The van der Waals surface area contributed by atoms with Gasteiger partial charge in [-0.15, -0.1) is 11.3 Å². The number of fused-ring (bicyclic) bond motifs is 4. The van der Waals surface area contributed by atoms with Crippen LogP contribution in [-0.2, 0) is 5.41 Å². The van der Waals surface area contributed by atoms with Crippen molar-refractivity contribution in [1.29, 1.82) is 5.26 Å². The summed E-state index contributed by atoms with van der Waals surface area (Å²) in [7, 11) is 0. The van der Waals surface area contributed by atoms with Crippen LogP contribution in [0, 0.1) is 17.9 Å². The molecule has 2 heterocycles. The summed E-state index contributed by atoms with van der Waals surface area (Å²) in [5.74, 6) is 0.416. The monoisotopic (exact) mass is 573 g/mol. The number of aromatic nitrogens is 2. The first-order valence-corrected chi connectivity index (χ1v) is 14.5. The van der Waals surface area contributed by atoms with Crippen LogP contribution < -0.4 is 4.90 Å². The summed E-state index contributed by atoms with van der Waals surface area (Å²) in [5.41, 5.74) is 6.38. The number of Topliss-reactive ketones (excluding diaryl/α,β-unsaturated/α-hetero) is 1. The SMILES string of the molecule is [C-]#[N+]/C(C#N)=C1\C(=C\c2cc3c(s2)-c2cnc(N(c4ccccc4)c4ccccc4)nc2C3(C)C)C(=O)c2ccccc21. The first-order valence-electron chi connectivity index (χ1n) is 13.7. The summed E-state index contributed by atoms with van der Waals surface area (Å²) in [6.07, 6.45) is 3.72. The van der Waals surface area contributed by atoms with Crippen LogP contribution in [0.15, 0.2) is 108 Å². The van der Waals surface area contributed by atoms with Gasteiger partial charge in [-0.1, -0.05) is 74.5 Å². The molecule has 7 rings (SSSR count). The van der Waals surface area contributed by atoms with E-state index in [0.29, 0.717) is 28.2 Å². The minimum Gasteiger partial charge on any atom is -0.289 e. The van der Waals surface area contributed by atoms with Crippen molar-refractivity contribution in [3.8, 4) is 16.5 Å². The van der Waals surface area contributed by atoms with Crippen LogP contribution in [0.5, 0.6) is 0 Å². The number of hydrogen-bond acceptors (Lipinski definition) is 6. The molecule has 5 aromatic rings. The highest BCUT2D eigenvalue weighted by Gasteiger charge is 2.40. The van der Waals surface area contributed by atoms with Crippen molar-refractivity contribution in [3.05, 3.63) is 147 Å². The highest BCUT2D eigenvalue weighted by Crippen LogP contribution is 2.53. The van der Waals surface area contributed by atoms with Crippen LogP contribution in [0.25, 0.3) is 26.9 Å². The Morgan fingerprint density at radius 2 is 1.58 bits per heavy atom. The predicted molar refractivity (Wildman–Crippen MR) is 170 cm³/mol. The number of thiophene rings is 1. The van der Waals surface area contributed by atoms with Crippen molar-refractivity contribution in [2.24, 2.45) is 0 Å². The zero-order valence-electron chi connectivity index (χ0n) is 23.4. The van der Waals surface area contributed by atoms with Gasteiger partial charge in [0.15, 0.2) is 5.78 Å². The minimum absolute atomic E-state index is 0.0818. The molecule has 0 bridgehead atoms. The van der Waals surface area contributed by atoms with E-state index in [4.69, 9.17) is 16.5 Å². The van der Waals surface area contributed by atoms with Gasteiger partial charge in [-0.3, -0.25) is 9.69 Å². The summed E-state index contributed by atoms with van der Waals surface area (Å²) >= 11 is 1.57. The number of carbonyl (C=O) groups excluding carboxylic acids is 1. The smallest absolute Gasteiger partial charge is 0.270 e. The quantitative estimate of drug-likeness (QED) is 0.122. The van der Waals surface area contributed by atoms with Crippen LogP contribution in [0.2, 0.25) is 0 Å². The molecule has 0 unspecified atom stereocenters. The number of anilines is 3. The van der Waals surface area contributed by atoms with E-state index < -0.39 is 5.41 Å². The van der Waals surface area contributed by atoms with Gasteiger partial charge < -0.3 is 0 Å². The third kappa shape index (κ3) is 4.10. The Balaban J connectivity index is 1.33. The molecule has 0 atom stereocenters. The van der Waals surface area contributed by atoms with E-state index >= 15 is 0 Å². The Morgan fingerprint density at radius 1 is 0.953 bits per heavy atom. The predicted octanol–water partition coefficient (Wildman–Crippen LogP) is 8.75. The Kier molecular flexibility index (Phi) is 6.13. The summed E-state index contributed by atoms with van der Waals surface area (Å²) in [6, 6.07) is 31.4. The van der Waals surface area contributed by atoms with Crippen molar-refractivity contribution in [3.63, 3.8) is 0 Å². The van der Waals surface area contributed by atoms with Gasteiger partial charge in [-0.25, -0.2) is 20.1 Å². The van der Waals surface area contributed by atoms with Crippen molar-refractivity contribution < 1.29 is 4.79 Å². The van der Waals surface area contributed by atoms with E-state index in [9.17, 15) is 10.1 Å². The van der Waals surface area contributed by atoms with Gasteiger partial charge in [-0.2, -0.15) is 0 Å². The zero-order valence-corrected chi connectivity index (χ0v) is 24.2.